The third kappa shape index (κ3) is 8.73. The first-order chi connectivity index (χ1) is 21.4. The Balaban J connectivity index is 1.80. The molecule has 1 fully saturated rings. The summed E-state index contributed by atoms with van der Waals surface area (Å²) >= 11 is 0. The minimum atomic E-state index is -1.02. The molecule has 5 amide bonds. The molecule has 0 aromatic carbocycles. The number of likely N-dealkylation sites (tertiary alicyclic amines) is 1. The molecular formula is C32H47N7O6. The molecule has 13 heteroatoms. The molecule has 1 aromatic heterocycles. The van der Waals surface area contributed by atoms with E-state index in [0.29, 0.717) is 25.8 Å². The lowest BCUT2D eigenvalue weighted by Gasteiger charge is -2.33. The molecule has 2 heterocycles. The largest absolute Gasteiger partial charge is 0.349 e. The van der Waals surface area contributed by atoms with Crippen molar-refractivity contribution < 1.29 is 28.8 Å². The highest BCUT2D eigenvalue weighted by molar-refractivity contribution is 6.38. The SMILES string of the molecule is CCCNC(=O)C(=O)C(CCC)NC(=O)[C@@H]1[C@H]2CC=C[C@H]2CN1C(=O)[C@@H](NC(=O)[C@H](NC(=O)c1cnccn1)C(C)C)C(C)C. The van der Waals surface area contributed by atoms with Crippen LogP contribution in [0.1, 0.15) is 77.7 Å². The van der Waals surface area contributed by atoms with Gasteiger partial charge >= 0.3 is 0 Å². The second kappa shape index (κ2) is 16.2. The average molecular weight is 626 g/mol. The lowest BCUT2D eigenvalue weighted by atomic mass is 9.92. The Morgan fingerprint density at radius 3 is 2.24 bits per heavy atom. The normalized spacial score (nSPS) is 20.7. The van der Waals surface area contributed by atoms with E-state index in [1.807, 2.05) is 26.0 Å². The third-order valence-corrected chi connectivity index (χ3v) is 8.27. The number of hydrogen-bond acceptors (Lipinski definition) is 8. The highest BCUT2D eigenvalue weighted by Crippen LogP contribution is 2.39. The number of hydrogen-bond donors (Lipinski definition) is 4. The van der Waals surface area contributed by atoms with Gasteiger partial charge in [0.15, 0.2) is 0 Å². The molecule has 1 aliphatic carbocycles. The maximum Gasteiger partial charge on any atom is 0.289 e. The quantitative estimate of drug-likeness (QED) is 0.166. The summed E-state index contributed by atoms with van der Waals surface area (Å²) in [6, 6.07) is -3.86. The van der Waals surface area contributed by atoms with Gasteiger partial charge in [-0.1, -0.05) is 60.1 Å². The molecule has 0 saturated carbocycles. The first kappa shape index (κ1) is 35.3. The van der Waals surface area contributed by atoms with Crippen LogP contribution in [0.15, 0.2) is 30.7 Å². The maximum absolute atomic E-state index is 14.1. The summed E-state index contributed by atoms with van der Waals surface area (Å²) in [5, 5.41) is 10.9. The second-order valence-electron chi connectivity index (χ2n) is 12.4. The zero-order chi connectivity index (χ0) is 33.3. The lowest BCUT2D eigenvalue weighted by Crippen LogP contribution is -2.60. The van der Waals surface area contributed by atoms with E-state index in [1.165, 1.54) is 23.5 Å². The number of carbonyl (C=O) groups excluding carboxylic acids is 6. The first-order valence-corrected chi connectivity index (χ1v) is 15.9. The Morgan fingerprint density at radius 2 is 1.64 bits per heavy atom. The van der Waals surface area contributed by atoms with E-state index in [1.54, 1.807) is 27.7 Å². The van der Waals surface area contributed by atoms with Crippen LogP contribution in [-0.2, 0) is 24.0 Å². The van der Waals surface area contributed by atoms with Crippen LogP contribution in [0.4, 0.5) is 0 Å². The Kier molecular flexibility index (Phi) is 12.7. The smallest absolute Gasteiger partial charge is 0.289 e. The topological polar surface area (TPSA) is 180 Å². The number of aromatic nitrogens is 2. The standard InChI is InChI=1S/C32H47N7O6/c1-7-10-22(27(40)31(44)35-13-8-2)36-30(43)26-21-12-9-11-20(21)17-39(26)32(45)25(19(5)6)38-29(42)24(18(3)4)37-28(41)23-16-33-14-15-34-23/h9,11,14-16,18-22,24-26H,7-8,10,12-13,17H2,1-6H3,(H,35,44)(H,36,43)(H,37,41)(H,38,42)/t20-,21-,22?,24+,25-,26-/m0/s1. The molecule has 3 rings (SSSR count). The van der Waals surface area contributed by atoms with Gasteiger partial charge in [-0.05, 0) is 37.0 Å². The summed E-state index contributed by atoms with van der Waals surface area (Å²) in [4.78, 5) is 89.0. The number of fused-ring (bicyclic) bond motifs is 1. The molecule has 45 heavy (non-hydrogen) atoms. The fourth-order valence-corrected chi connectivity index (χ4v) is 5.82. The van der Waals surface area contributed by atoms with Gasteiger partial charge in [-0.3, -0.25) is 33.8 Å². The minimum absolute atomic E-state index is 0.0562. The zero-order valence-electron chi connectivity index (χ0n) is 27.0. The Bertz CT molecular complexity index is 1270. The number of rotatable bonds is 15. The Labute approximate surface area is 264 Å². The minimum Gasteiger partial charge on any atom is -0.349 e. The van der Waals surface area contributed by atoms with Gasteiger partial charge in [0.25, 0.3) is 11.8 Å². The number of nitrogens with zero attached hydrogens (tertiary/aromatic N) is 3. The molecule has 2 aliphatic rings. The van der Waals surface area contributed by atoms with Gasteiger partial charge < -0.3 is 26.2 Å². The Hall–Kier alpha value is -4.16. The predicted molar refractivity (Wildman–Crippen MR) is 166 cm³/mol. The number of amides is 5. The van der Waals surface area contributed by atoms with E-state index in [9.17, 15) is 28.8 Å². The summed E-state index contributed by atoms with van der Waals surface area (Å²) in [5.74, 6) is -4.42. The molecule has 1 aromatic rings. The fourth-order valence-electron chi connectivity index (χ4n) is 5.82. The van der Waals surface area contributed by atoms with Crippen LogP contribution < -0.4 is 21.3 Å². The van der Waals surface area contributed by atoms with Crippen molar-refractivity contribution in [3.05, 3.63) is 36.4 Å². The number of nitrogens with one attached hydrogen (secondary N) is 4. The zero-order valence-corrected chi connectivity index (χ0v) is 27.0. The molecule has 13 nitrogen and oxygen atoms in total. The van der Waals surface area contributed by atoms with Gasteiger partial charge in [-0.15, -0.1) is 0 Å². The van der Waals surface area contributed by atoms with Crippen LogP contribution >= 0.6 is 0 Å². The molecule has 1 aliphatic heterocycles. The number of allylic oxidation sites excluding steroid dienone is 1. The maximum atomic E-state index is 14.1. The van der Waals surface area contributed by atoms with Gasteiger partial charge in [-0.25, -0.2) is 4.98 Å². The monoisotopic (exact) mass is 625 g/mol. The number of carbonyl (C=O) groups is 6. The van der Waals surface area contributed by atoms with E-state index >= 15 is 0 Å². The van der Waals surface area contributed by atoms with Crippen molar-refractivity contribution >= 4 is 35.3 Å². The third-order valence-electron chi connectivity index (χ3n) is 8.27. The van der Waals surface area contributed by atoms with E-state index in [0.717, 1.165) is 0 Å². The van der Waals surface area contributed by atoms with Gasteiger partial charge in [0, 0.05) is 31.4 Å². The highest BCUT2D eigenvalue weighted by atomic mass is 16.2. The fraction of sp³-hybridized carbons (Fsp3) is 0.625. The predicted octanol–water partition coefficient (Wildman–Crippen LogP) is 1.16. The first-order valence-electron chi connectivity index (χ1n) is 15.9. The molecule has 0 radical (unpaired) electrons. The number of ketones is 1. The molecule has 246 valence electrons. The van der Waals surface area contributed by atoms with Gasteiger partial charge in [0.2, 0.25) is 23.5 Å². The molecule has 6 atom stereocenters. The van der Waals surface area contributed by atoms with E-state index in [4.69, 9.17) is 0 Å². The molecule has 1 saturated heterocycles. The summed E-state index contributed by atoms with van der Waals surface area (Å²) in [5.41, 5.74) is 0.0562. The van der Waals surface area contributed by atoms with Crippen molar-refractivity contribution in [1.29, 1.82) is 0 Å². The lowest BCUT2D eigenvalue weighted by molar-refractivity contribution is -0.145. The summed E-state index contributed by atoms with van der Waals surface area (Å²) in [6.45, 7) is 11.5. The average Bonchev–Trinajstić information content (AvgIpc) is 3.62. The van der Waals surface area contributed by atoms with Crippen molar-refractivity contribution in [1.82, 2.24) is 36.1 Å². The van der Waals surface area contributed by atoms with E-state index in [-0.39, 0.29) is 42.3 Å². The van der Waals surface area contributed by atoms with Crippen LogP contribution in [0.5, 0.6) is 0 Å². The highest BCUT2D eigenvalue weighted by Gasteiger charge is 2.50. The summed E-state index contributed by atoms with van der Waals surface area (Å²) in [6.07, 6.45) is 10.2. The van der Waals surface area contributed by atoms with Crippen LogP contribution in [0, 0.1) is 23.7 Å². The van der Waals surface area contributed by atoms with Crippen LogP contribution in [0.2, 0.25) is 0 Å². The Morgan fingerprint density at radius 1 is 0.933 bits per heavy atom. The summed E-state index contributed by atoms with van der Waals surface area (Å²) in [7, 11) is 0. The van der Waals surface area contributed by atoms with Crippen molar-refractivity contribution in [3.63, 3.8) is 0 Å². The van der Waals surface area contributed by atoms with Crippen molar-refractivity contribution in [2.24, 2.45) is 23.7 Å². The van der Waals surface area contributed by atoms with Gasteiger partial charge in [0.1, 0.15) is 23.8 Å². The molecule has 0 bridgehead atoms. The van der Waals surface area contributed by atoms with Crippen molar-refractivity contribution in [2.45, 2.75) is 91.4 Å². The van der Waals surface area contributed by atoms with Crippen molar-refractivity contribution in [3.8, 4) is 0 Å². The number of Topliss-reactive ketones (excluding diaryl/α,β-unsaturated/α-hetero) is 1. The van der Waals surface area contributed by atoms with E-state index < -0.39 is 59.5 Å². The molecule has 4 N–H and O–H groups in total. The van der Waals surface area contributed by atoms with Crippen LogP contribution in [0.3, 0.4) is 0 Å². The molecule has 0 spiro atoms. The molecular weight excluding hydrogens is 578 g/mol. The van der Waals surface area contributed by atoms with Crippen LogP contribution in [-0.4, -0.2) is 87.4 Å². The van der Waals surface area contributed by atoms with Crippen LogP contribution in [0.25, 0.3) is 0 Å². The van der Waals surface area contributed by atoms with E-state index in [2.05, 4.69) is 31.2 Å². The van der Waals surface area contributed by atoms with Gasteiger partial charge in [0.05, 0.1) is 12.2 Å². The molecule has 1 unspecified atom stereocenters. The van der Waals surface area contributed by atoms with Gasteiger partial charge in [-0.2, -0.15) is 0 Å². The second-order valence-corrected chi connectivity index (χ2v) is 12.4. The summed E-state index contributed by atoms with van der Waals surface area (Å²) < 4.78 is 0. The van der Waals surface area contributed by atoms with Crippen molar-refractivity contribution in [2.75, 3.05) is 13.1 Å².